The summed E-state index contributed by atoms with van der Waals surface area (Å²) in [5.41, 5.74) is 0. The highest BCUT2D eigenvalue weighted by atomic mass is 16.6. The summed E-state index contributed by atoms with van der Waals surface area (Å²) < 4.78 is 16.7. The smallest absolute Gasteiger partial charge is 0.306 e. The quantitative estimate of drug-likeness (QED) is 0.0265. The van der Waals surface area contributed by atoms with Crippen molar-refractivity contribution in [1.82, 2.24) is 0 Å². The first-order chi connectivity index (χ1) is 28.5. The Hall–Kier alpha value is -3.41. The Balaban J connectivity index is 4.44. The zero-order chi connectivity index (χ0) is 42.3. The fraction of sp³-hybridized carbons (Fsp3) is 0.673. The number of ether oxygens (including phenoxy) is 3. The largest absolute Gasteiger partial charge is 0.462 e. The van der Waals surface area contributed by atoms with Crippen molar-refractivity contribution in [2.45, 2.75) is 213 Å². The highest BCUT2D eigenvalue weighted by Crippen LogP contribution is 2.13. The van der Waals surface area contributed by atoms with Gasteiger partial charge in [-0.05, 0) is 103 Å². The van der Waals surface area contributed by atoms with Crippen molar-refractivity contribution >= 4 is 17.9 Å². The van der Waals surface area contributed by atoms with Crippen LogP contribution in [0.2, 0.25) is 0 Å². The van der Waals surface area contributed by atoms with Gasteiger partial charge < -0.3 is 14.2 Å². The Kier molecular flexibility index (Phi) is 43.6. The van der Waals surface area contributed by atoms with Crippen LogP contribution >= 0.6 is 0 Å². The second kappa shape index (κ2) is 46.3. The summed E-state index contributed by atoms with van der Waals surface area (Å²) in [5.74, 6) is -0.946. The van der Waals surface area contributed by atoms with Crippen LogP contribution in [0.4, 0.5) is 0 Å². The van der Waals surface area contributed by atoms with E-state index in [-0.39, 0.29) is 31.1 Å². The summed E-state index contributed by atoms with van der Waals surface area (Å²) in [6.45, 7) is 6.30. The summed E-state index contributed by atoms with van der Waals surface area (Å²) in [6, 6.07) is 0. The van der Waals surface area contributed by atoms with Gasteiger partial charge in [-0.25, -0.2) is 0 Å². The molecule has 0 N–H and O–H groups in total. The Morgan fingerprint density at radius 3 is 1.07 bits per heavy atom. The molecule has 58 heavy (non-hydrogen) atoms. The summed E-state index contributed by atoms with van der Waals surface area (Å²) in [6.07, 6.45) is 58.5. The molecule has 6 nitrogen and oxygen atoms in total. The molecular formula is C52H86O6. The lowest BCUT2D eigenvalue weighted by Crippen LogP contribution is -2.30. The standard InChI is InChI=1S/C52H86O6/c1-4-7-10-13-16-19-22-24-26-28-30-33-36-39-42-45-51(54)57-48-49(47-56-50(53)44-41-38-35-32-21-18-15-12-9-6-3)58-52(55)46-43-40-37-34-31-29-27-25-23-20-17-14-11-8-5-2/h7-8,10-12,15-17,19-20,24-27,49H,4-6,9,13-14,18,21-23,28-48H2,1-3H3/b10-7-,11-8-,15-12-,19-16-,20-17-,26-24-,27-25-. The lowest BCUT2D eigenvalue weighted by atomic mass is 10.1. The average molecular weight is 807 g/mol. The SMILES string of the molecule is CC/C=C\C/C=C\C/C=C\CCCCCCCC(=O)OCC(COC(=O)CCCCCCC/C=C\CCC)OC(=O)CCCCCCC/C=C\C/C=C\C/C=C\CC. The molecular weight excluding hydrogens is 721 g/mol. The van der Waals surface area contributed by atoms with Crippen molar-refractivity contribution in [1.29, 1.82) is 0 Å². The molecule has 0 aliphatic rings. The van der Waals surface area contributed by atoms with Crippen LogP contribution in [0, 0.1) is 0 Å². The zero-order valence-corrected chi connectivity index (χ0v) is 37.5. The van der Waals surface area contributed by atoms with Gasteiger partial charge in [0.15, 0.2) is 6.10 Å². The van der Waals surface area contributed by atoms with Crippen LogP contribution in [-0.4, -0.2) is 37.2 Å². The molecule has 6 heteroatoms. The van der Waals surface area contributed by atoms with E-state index in [9.17, 15) is 14.4 Å². The van der Waals surface area contributed by atoms with Gasteiger partial charge >= 0.3 is 17.9 Å². The van der Waals surface area contributed by atoms with E-state index in [1.54, 1.807) is 0 Å². The monoisotopic (exact) mass is 807 g/mol. The Morgan fingerprint density at radius 1 is 0.362 bits per heavy atom. The van der Waals surface area contributed by atoms with Gasteiger partial charge in [-0.1, -0.05) is 170 Å². The third-order valence-electron chi connectivity index (χ3n) is 9.60. The molecule has 330 valence electrons. The van der Waals surface area contributed by atoms with E-state index in [1.165, 1.54) is 12.8 Å². The number of carbonyl (C=O) groups excluding carboxylic acids is 3. The van der Waals surface area contributed by atoms with Crippen LogP contribution in [0.5, 0.6) is 0 Å². The maximum atomic E-state index is 12.7. The van der Waals surface area contributed by atoms with Crippen LogP contribution in [0.3, 0.4) is 0 Å². The Bertz CT molecular complexity index is 1160. The van der Waals surface area contributed by atoms with Crippen molar-refractivity contribution < 1.29 is 28.6 Å². The van der Waals surface area contributed by atoms with Crippen molar-refractivity contribution in [3.63, 3.8) is 0 Å². The molecule has 1 unspecified atom stereocenters. The Labute approximate surface area is 356 Å². The number of carbonyl (C=O) groups is 3. The number of hydrogen-bond acceptors (Lipinski definition) is 6. The van der Waals surface area contributed by atoms with E-state index in [1.807, 2.05) is 0 Å². The zero-order valence-electron chi connectivity index (χ0n) is 37.5. The second-order valence-corrected chi connectivity index (χ2v) is 15.2. The molecule has 0 rings (SSSR count). The van der Waals surface area contributed by atoms with Gasteiger partial charge in [-0.3, -0.25) is 14.4 Å². The molecule has 0 spiro atoms. The van der Waals surface area contributed by atoms with E-state index in [4.69, 9.17) is 14.2 Å². The molecule has 0 aromatic carbocycles. The predicted molar refractivity (Wildman–Crippen MR) is 247 cm³/mol. The van der Waals surface area contributed by atoms with E-state index >= 15 is 0 Å². The number of rotatable bonds is 41. The van der Waals surface area contributed by atoms with Crippen LogP contribution in [-0.2, 0) is 28.6 Å². The second-order valence-electron chi connectivity index (χ2n) is 15.2. The van der Waals surface area contributed by atoms with Crippen LogP contribution in [0.25, 0.3) is 0 Å². The molecule has 0 radical (unpaired) electrons. The van der Waals surface area contributed by atoms with E-state index in [0.29, 0.717) is 19.3 Å². The topological polar surface area (TPSA) is 78.9 Å². The lowest BCUT2D eigenvalue weighted by molar-refractivity contribution is -0.167. The van der Waals surface area contributed by atoms with E-state index in [0.717, 1.165) is 154 Å². The highest BCUT2D eigenvalue weighted by Gasteiger charge is 2.19. The molecule has 0 aromatic heterocycles. The normalized spacial score (nSPS) is 12.8. The van der Waals surface area contributed by atoms with Gasteiger partial charge in [0.25, 0.3) is 0 Å². The average Bonchev–Trinajstić information content (AvgIpc) is 3.22. The maximum Gasteiger partial charge on any atom is 0.306 e. The van der Waals surface area contributed by atoms with E-state index in [2.05, 4.69) is 106 Å². The lowest BCUT2D eigenvalue weighted by Gasteiger charge is -2.18. The molecule has 0 aliphatic heterocycles. The van der Waals surface area contributed by atoms with Gasteiger partial charge in [0.1, 0.15) is 13.2 Å². The maximum absolute atomic E-state index is 12.7. The molecule has 0 fully saturated rings. The van der Waals surface area contributed by atoms with Crippen LogP contribution in [0.1, 0.15) is 207 Å². The Morgan fingerprint density at radius 2 is 0.672 bits per heavy atom. The third kappa shape index (κ3) is 43.7. The number of hydrogen-bond donors (Lipinski definition) is 0. The van der Waals surface area contributed by atoms with Gasteiger partial charge in [-0.15, -0.1) is 0 Å². The van der Waals surface area contributed by atoms with Gasteiger partial charge in [-0.2, -0.15) is 0 Å². The van der Waals surface area contributed by atoms with Crippen molar-refractivity contribution in [3.8, 4) is 0 Å². The molecule has 0 aliphatic carbocycles. The predicted octanol–water partition coefficient (Wildman–Crippen LogP) is 15.3. The van der Waals surface area contributed by atoms with Crippen molar-refractivity contribution in [3.05, 3.63) is 85.1 Å². The van der Waals surface area contributed by atoms with Crippen molar-refractivity contribution in [2.24, 2.45) is 0 Å². The third-order valence-corrected chi connectivity index (χ3v) is 9.60. The number of esters is 3. The summed E-state index contributed by atoms with van der Waals surface area (Å²) in [7, 11) is 0. The van der Waals surface area contributed by atoms with Crippen LogP contribution < -0.4 is 0 Å². The first kappa shape index (κ1) is 54.6. The number of unbranched alkanes of at least 4 members (excludes halogenated alkanes) is 16. The van der Waals surface area contributed by atoms with Gasteiger partial charge in [0.05, 0.1) is 0 Å². The minimum atomic E-state index is -0.794. The first-order valence-electron chi connectivity index (χ1n) is 23.6. The first-order valence-corrected chi connectivity index (χ1v) is 23.6. The highest BCUT2D eigenvalue weighted by molar-refractivity contribution is 5.71. The summed E-state index contributed by atoms with van der Waals surface area (Å²) >= 11 is 0. The molecule has 0 aromatic rings. The fourth-order valence-corrected chi connectivity index (χ4v) is 6.12. The minimum absolute atomic E-state index is 0.0950. The number of allylic oxidation sites excluding steroid dienone is 14. The molecule has 0 heterocycles. The van der Waals surface area contributed by atoms with Gasteiger partial charge in [0.2, 0.25) is 0 Å². The summed E-state index contributed by atoms with van der Waals surface area (Å²) in [4.78, 5) is 37.8. The summed E-state index contributed by atoms with van der Waals surface area (Å²) in [5, 5.41) is 0. The molecule has 1 atom stereocenters. The molecule has 0 bridgehead atoms. The molecule has 0 saturated carbocycles. The molecule has 0 amide bonds. The van der Waals surface area contributed by atoms with Crippen molar-refractivity contribution in [2.75, 3.05) is 13.2 Å². The van der Waals surface area contributed by atoms with E-state index < -0.39 is 6.10 Å². The minimum Gasteiger partial charge on any atom is -0.462 e. The van der Waals surface area contributed by atoms with Gasteiger partial charge in [0, 0.05) is 19.3 Å². The molecule has 0 saturated heterocycles. The van der Waals surface area contributed by atoms with Crippen LogP contribution in [0.15, 0.2) is 85.1 Å². The fourth-order valence-electron chi connectivity index (χ4n) is 6.12.